The molecular formula is C12H16N2O2S. The number of rotatable bonds is 5. The van der Waals surface area contributed by atoms with E-state index in [2.05, 4.69) is 11.2 Å². The molecule has 0 aromatic heterocycles. The maximum Gasteiger partial charge on any atom is 0.238 e. The molecule has 0 aliphatic heterocycles. The molecule has 1 atom stereocenters. The molecule has 3 N–H and O–H groups in total. The van der Waals surface area contributed by atoms with Gasteiger partial charge in [0.2, 0.25) is 10.0 Å². The second kappa shape index (κ2) is 5.82. The molecule has 1 aromatic rings. The van der Waals surface area contributed by atoms with Crippen LogP contribution >= 0.6 is 0 Å². The van der Waals surface area contributed by atoms with Crippen LogP contribution in [-0.4, -0.2) is 15.0 Å². The molecule has 1 aromatic carbocycles. The normalized spacial score (nSPS) is 13.0. The van der Waals surface area contributed by atoms with Crippen LogP contribution in [0.3, 0.4) is 0 Å². The lowest BCUT2D eigenvalue weighted by molar-refractivity contribution is 0.581. The Bertz CT molecular complexity index is 518. The number of nitrogens with two attached hydrogens (primary N) is 1. The van der Waals surface area contributed by atoms with Crippen LogP contribution in [0.5, 0.6) is 0 Å². The Morgan fingerprint density at radius 2 is 2.24 bits per heavy atom. The molecule has 1 rings (SSSR count). The van der Waals surface area contributed by atoms with Crippen LogP contribution in [-0.2, 0) is 10.0 Å². The van der Waals surface area contributed by atoms with Crippen molar-refractivity contribution in [2.24, 2.45) is 5.14 Å². The van der Waals surface area contributed by atoms with Gasteiger partial charge in [0.15, 0.2) is 0 Å². The molecule has 0 heterocycles. The summed E-state index contributed by atoms with van der Waals surface area (Å²) in [5, 5.41) is 8.27. The molecule has 5 heteroatoms. The number of sulfonamides is 1. The van der Waals surface area contributed by atoms with Crippen LogP contribution in [0.25, 0.3) is 0 Å². The topological polar surface area (TPSA) is 72.2 Å². The van der Waals surface area contributed by atoms with Gasteiger partial charge in [0, 0.05) is 19.0 Å². The van der Waals surface area contributed by atoms with Crippen LogP contribution in [0.1, 0.15) is 24.9 Å². The Morgan fingerprint density at radius 1 is 1.53 bits per heavy atom. The number of hydrogen-bond donors (Lipinski definition) is 2. The number of benzene rings is 1. The van der Waals surface area contributed by atoms with E-state index < -0.39 is 10.0 Å². The second-order valence-electron chi connectivity index (χ2n) is 3.75. The standard InChI is InChI=1S/C12H16N2O2S/c1-3-4-8-14-10(2)11-6-5-7-12(9-11)17(13,15)16/h1,5-7,9-10,14H,4,8H2,2H3,(H2,13,15,16). The van der Waals surface area contributed by atoms with Gasteiger partial charge in [-0.15, -0.1) is 12.3 Å². The van der Waals surface area contributed by atoms with Gasteiger partial charge in [-0.1, -0.05) is 12.1 Å². The molecule has 0 saturated heterocycles. The Kier molecular flexibility index (Phi) is 4.70. The summed E-state index contributed by atoms with van der Waals surface area (Å²) in [6, 6.07) is 6.61. The molecule has 0 spiro atoms. The number of hydrogen-bond acceptors (Lipinski definition) is 3. The van der Waals surface area contributed by atoms with E-state index in [1.807, 2.05) is 13.0 Å². The second-order valence-corrected chi connectivity index (χ2v) is 5.31. The third-order valence-electron chi connectivity index (χ3n) is 2.41. The van der Waals surface area contributed by atoms with Crippen molar-refractivity contribution >= 4 is 10.0 Å². The van der Waals surface area contributed by atoms with Gasteiger partial charge in [-0.3, -0.25) is 0 Å². The highest BCUT2D eigenvalue weighted by atomic mass is 32.2. The maximum absolute atomic E-state index is 11.2. The van der Waals surface area contributed by atoms with E-state index >= 15 is 0 Å². The zero-order valence-electron chi connectivity index (χ0n) is 9.68. The van der Waals surface area contributed by atoms with E-state index in [9.17, 15) is 8.42 Å². The number of primary sulfonamides is 1. The Balaban J connectivity index is 2.82. The summed E-state index contributed by atoms with van der Waals surface area (Å²) in [6.07, 6.45) is 5.79. The van der Waals surface area contributed by atoms with E-state index in [4.69, 9.17) is 11.6 Å². The molecule has 1 unspecified atom stereocenters. The minimum absolute atomic E-state index is 0.0325. The summed E-state index contributed by atoms with van der Waals surface area (Å²) in [5.41, 5.74) is 0.869. The summed E-state index contributed by atoms with van der Waals surface area (Å²) in [4.78, 5) is 0.126. The molecule has 92 valence electrons. The van der Waals surface area contributed by atoms with Crippen LogP contribution in [0.4, 0.5) is 0 Å². The molecule has 0 fully saturated rings. The maximum atomic E-state index is 11.2. The first-order valence-corrected chi connectivity index (χ1v) is 6.79. The molecule has 0 bridgehead atoms. The predicted octanol–water partition coefficient (Wildman–Crippen LogP) is 1.01. The van der Waals surface area contributed by atoms with Gasteiger partial charge in [0.05, 0.1) is 4.90 Å². The first-order valence-electron chi connectivity index (χ1n) is 5.25. The fraction of sp³-hybridized carbons (Fsp3) is 0.333. The lowest BCUT2D eigenvalue weighted by Crippen LogP contribution is -2.20. The Hall–Kier alpha value is -1.35. The van der Waals surface area contributed by atoms with Gasteiger partial charge in [-0.05, 0) is 24.6 Å². The van der Waals surface area contributed by atoms with Crippen molar-refractivity contribution in [2.45, 2.75) is 24.3 Å². The van der Waals surface area contributed by atoms with Crippen molar-refractivity contribution in [2.75, 3.05) is 6.54 Å². The summed E-state index contributed by atoms with van der Waals surface area (Å²) < 4.78 is 22.4. The van der Waals surface area contributed by atoms with E-state index in [1.165, 1.54) is 6.07 Å². The average molecular weight is 252 g/mol. The highest BCUT2D eigenvalue weighted by molar-refractivity contribution is 7.89. The third-order valence-corrected chi connectivity index (χ3v) is 3.32. The third kappa shape index (κ3) is 4.19. The van der Waals surface area contributed by atoms with E-state index in [1.54, 1.807) is 12.1 Å². The van der Waals surface area contributed by atoms with Crippen molar-refractivity contribution in [3.63, 3.8) is 0 Å². The monoisotopic (exact) mass is 252 g/mol. The molecule has 0 aliphatic rings. The number of nitrogens with one attached hydrogen (secondary N) is 1. The lowest BCUT2D eigenvalue weighted by Gasteiger charge is -2.14. The highest BCUT2D eigenvalue weighted by Gasteiger charge is 2.10. The molecule has 0 radical (unpaired) electrons. The molecule has 4 nitrogen and oxygen atoms in total. The fourth-order valence-electron chi connectivity index (χ4n) is 1.44. The van der Waals surface area contributed by atoms with E-state index in [0.717, 1.165) is 5.56 Å². The summed E-state index contributed by atoms with van der Waals surface area (Å²) in [5.74, 6) is 2.53. The lowest BCUT2D eigenvalue weighted by atomic mass is 10.1. The van der Waals surface area contributed by atoms with Crippen molar-refractivity contribution in [1.29, 1.82) is 0 Å². The highest BCUT2D eigenvalue weighted by Crippen LogP contribution is 2.16. The molecule has 0 saturated carbocycles. The van der Waals surface area contributed by atoms with Gasteiger partial charge >= 0.3 is 0 Å². The van der Waals surface area contributed by atoms with Crippen molar-refractivity contribution in [3.05, 3.63) is 29.8 Å². The Labute approximate surface area is 102 Å². The van der Waals surface area contributed by atoms with Gasteiger partial charge < -0.3 is 5.32 Å². The zero-order chi connectivity index (χ0) is 12.9. The molecule has 17 heavy (non-hydrogen) atoms. The van der Waals surface area contributed by atoms with Crippen molar-refractivity contribution in [1.82, 2.24) is 5.32 Å². The van der Waals surface area contributed by atoms with Gasteiger partial charge in [0.1, 0.15) is 0 Å². The largest absolute Gasteiger partial charge is 0.309 e. The Morgan fingerprint density at radius 3 is 2.82 bits per heavy atom. The zero-order valence-corrected chi connectivity index (χ0v) is 10.5. The van der Waals surface area contributed by atoms with E-state index in [-0.39, 0.29) is 10.9 Å². The van der Waals surface area contributed by atoms with Crippen molar-refractivity contribution in [3.8, 4) is 12.3 Å². The minimum atomic E-state index is -3.64. The fourth-order valence-corrected chi connectivity index (χ4v) is 2.01. The van der Waals surface area contributed by atoms with Gasteiger partial charge in [-0.2, -0.15) is 0 Å². The first kappa shape index (κ1) is 13.7. The van der Waals surface area contributed by atoms with Crippen LogP contribution < -0.4 is 10.5 Å². The molecule has 0 aliphatic carbocycles. The van der Waals surface area contributed by atoms with Crippen molar-refractivity contribution < 1.29 is 8.42 Å². The van der Waals surface area contributed by atoms with Crippen LogP contribution in [0, 0.1) is 12.3 Å². The SMILES string of the molecule is C#CCCNC(C)c1cccc(S(N)(=O)=O)c1. The summed E-state index contributed by atoms with van der Waals surface area (Å²) in [7, 11) is -3.64. The summed E-state index contributed by atoms with van der Waals surface area (Å²) in [6.45, 7) is 2.63. The minimum Gasteiger partial charge on any atom is -0.309 e. The van der Waals surface area contributed by atoms with Gasteiger partial charge in [-0.25, -0.2) is 13.6 Å². The average Bonchev–Trinajstić information content (AvgIpc) is 2.28. The van der Waals surface area contributed by atoms with Crippen LogP contribution in [0.15, 0.2) is 29.2 Å². The predicted molar refractivity (Wildman–Crippen MR) is 67.7 cm³/mol. The van der Waals surface area contributed by atoms with E-state index in [0.29, 0.717) is 13.0 Å². The van der Waals surface area contributed by atoms with Gasteiger partial charge in [0.25, 0.3) is 0 Å². The molecular weight excluding hydrogens is 236 g/mol. The summed E-state index contributed by atoms with van der Waals surface area (Å²) >= 11 is 0. The first-order chi connectivity index (χ1) is 7.95. The smallest absolute Gasteiger partial charge is 0.238 e. The quantitative estimate of drug-likeness (QED) is 0.607. The van der Waals surface area contributed by atoms with Crippen LogP contribution in [0.2, 0.25) is 0 Å². The number of terminal acetylenes is 1. The molecule has 0 amide bonds.